The average molecular weight is 198 g/mol. The quantitative estimate of drug-likeness (QED) is 0.675. The fourth-order valence-corrected chi connectivity index (χ4v) is 2.08. The molecule has 1 N–H and O–H groups in total. The molecule has 1 amide bonds. The van der Waals surface area contributed by atoms with Crippen LogP contribution < -0.4 is 0 Å². The molecule has 0 unspecified atom stereocenters. The minimum absolute atomic E-state index is 0.196. The molecule has 80 valence electrons. The molecule has 2 fully saturated rings. The van der Waals surface area contributed by atoms with E-state index in [9.17, 15) is 4.79 Å². The molecule has 2 saturated heterocycles. The zero-order valence-electron chi connectivity index (χ0n) is 8.48. The van der Waals surface area contributed by atoms with Gasteiger partial charge in [0.1, 0.15) is 0 Å². The Morgan fingerprint density at radius 1 is 1.29 bits per heavy atom. The minimum atomic E-state index is -0.272. The normalized spacial score (nSPS) is 23.9. The number of carbonyl (C=O) groups is 1. The average Bonchev–Trinajstić information content (AvgIpc) is 2.61. The van der Waals surface area contributed by atoms with E-state index in [-0.39, 0.29) is 12.0 Å². The van der Waals surface area contributed by atoms with E-state index in [1.807, 2.05) is 0 Å². The van der Waals surface area contributed by atoms with Gasteiger partial charge in [0, 0.05) is 26.1 Å². The fraction of sp³-hybridized carbons (Fsp3) is 0.900. The van der Waals surface area contributed by atoms with Crippen LogP contribution >= 0.6 is 0 Å². The minimum Gasteiger partial charge on any atom is -0.389 e. The first-order valence-electron chi connectivity index (χ1n) is 5.44. The number of hydrogen-bond donors (Lipinski definition) is 1. The van der Waals surface area contributed by atoms with Gasteiger partial charge in [0.15, 0.2) is 0 Å². The summed E-state index contributed by atoms with van der Waals surface area (Å²) in [5, 5.41) is 9.04. The van der Waals surface area contributed by atoms with Crippen molar-refractivity contribution in [2.45, 2.75) is 25.4 Å². The molecule has 0 bridgehead atoms. The molecule has 0 aromatic rings. The second-order valence-electron chi connectivity index (χ2n) is 4.25. The van der Waals surface area contributed by atoms with Gasteiger partial charge in [0.25, 0.3) is 0 Å². The van der Waals surface area contributed by atoms with Crippen molar-refractivity contribution < 1.29 is 9.90 Å². The maximum atomic E-state index is 11.5. The van der Waals surface area contributed by atoms with E-state index in [0.717, 1.165) is 19.6 Å². The number of β-amino-alcohol motifs (C(OH)–C–C–N with tert-alkyl or cyclic N) is 1. The number of likely N-dealkylation sites (tertiary alicyclic amines) is 2. The Morgan fingerprint density at radius 2 is 1.93 bits per heavy atom. The molecule has 0 aromatic heterocycles. The van der Waals surface area contributed by atoms with Crippen LogP contribution in [0.1, 0.15) is 19.3 Å². The smallest absolute Gasteiger partial charge is 0.224 e. The summed E-state index contributed by atoms with van der Waals surface area (Å²) in [6.07, 6.45) is 2.89. The summed E-state index contributed by atoms with van der Waals surface area (Å²) in [4.78, 5) is 15.6. The number of aliphatic hydroxyl groups excluding tert-OH is 1. The third-order valence-corrected chi connectivity index (χ3v) is 3.06. The molecule has 2 heterocycles. The van der Waals surface area contributed by atoms with Gasteiger partial charge in [-0.15, -0.1) is 0 Å². The first-order chi connectivity index (χ1) is 6.75. The number of carbonyl (C=O) groups excluding carboxylic acids is 1. The van der Waals surface area contributed by atoms with Crippen LogP contribution in [0.2, 0.25) is 0 Å². The first kappa shape index (κ1) is 9.93. The summed E-state index contributed by atoms with van der Waals surface area (Å²) in [5.74, 6) is 0.196. The Morgan fingerprint density at radius 3 is 2.50 bits per heavy atom. The Balaban J connectivity index is 1.62. The van der Waals surface area contributed by atoms with Crippen molar-refractivity contribution in [3.8, 4) is 0 Å². The molecule has 2 aliphatic rings. The lowest BCUT2D eigenvalue weighted by molar-refractivity contribution is -0.141. The van der Waals surface area contributed by atoms with Crippen LogP contribution in [0.3, 0.4) is 0 Å². The van der Waals surface area contributed by atoms with Crippen LogP contribution in [0.25, 0.3) is 0 Å². The number of amides is 1. The summed E-state index contributed by atoms with van der Waals surface area (Å²) < 4.78 is 0. The van der Waals surface area contributed by atoms with Crippen LogP contribution in [0.5, 0.6) is 0 Å². The van der Waals surface area contributed by atoms with Crippen molar-refractivity contribution in [1.29, 1.82) is 0 Å². The molecule has 0 saturated carbocycles. The molecule has 0 spiro atoms. The molecule has 0 radical (unpaired) electrons. The molecule has 2 aliphatic heterocycles. The maximum Gasteiger partial charge on any atom is 0.224 e. The molecule has 4 heteroatoms. The lowest BCUT2D eigenvalue weighted by atomic mass is 10.1. The van der Waals surface area contributed by atoms with Crippen molar-refractivity contribution in [2.75, 3.05) is 32.7 Å². The largest absolute Gasteiger partial charge is 0.389 e. The number of rotatable bonds is 3. The van der Waals surface area contributed by atoms with Gasteiger partial charge in [-0.1, -0.05) is 0 Å². The highest BCUT2D eigenvalue weighted by atomic mass is 16.3. The summed E-state index contributed by atoms with van der Waals surface area (Å²) >= 11 is 0. The highest BCUT2D eigenvalue weighted by Crippen LogP contribution is 2.11. The van der Waals surface area contributed by atoms with E-state index in [1.165, 1.54) is 12.8 Å². The number of nitrogens with zero attached hydrogens (tertiary/aromatic N) is 2. The van der Waals surface area contributed by atoms with E-state index in [2.05, 4.69) is 4.90 Å². The van der Waals surface area contributed by atoms with E-state index in [1.54, 1.807) is 4.90 Å². The topological polar surface area (TPSA) is 43.8 Å². The monoisotopic (exact) mass is 198 g/mol. The van der Waals surface area contributed by atoms with Crippen molar-refractivity contribution in [3.63, 3.8) is 0 Å². The lowest BCUT2D eigenvalue weighted by Gasteiger charge is -2.36. The first-order valence-corrected chi connectivity index (χ1v) is 5.44. The van der Waals surface area contributed by atoms with Crippen molar-refractivity contribution in [2.24, 2.45) is 0 Å². The summed E-state index contributed by atoms with van der Waals surface area (Å²) in [7, 11) is 0. The molecule has 4 nitrogen and oxygen atoms in total. The predicted molar refractivity (Wildman–Crippen MR) is 52.9 cm³/mol. The van der Waals surface area contributed by atoms with Crippen LogP contribution in [0.4, 0.5) is 0 Å². The predicted octanol–water partition coefficient (Wildman–Crippen LogP) is -0.325. The van der Waals surface area contributed by atoms with E-state index in [4.69, 9.17) is 5.11 Å². The molecular weight excluding hydrogens is 180 g/mol. The van der Waals surface area contributed by atoms with Crippen molar-refractivity contribution in [3.05, 3.63) is 0 Å². The maximum absolute atomic E-state index is 11.5. The van der Waals surface area contributed by atoms with Gasteiger partial charge in [0.2, 0.25) is 5.91 Å². The Bertz CT molecular complexity index is 208. The second-order valence-corrected chi connectivity index (χ2v) is 4.25. The molecule has 0 aliphatic carbocycles. The SMILES string of the molecule is O=C(CCN1CCCC1)N1CC(O)C1. The van der Waals surface area contributed by atoms with Gasteiger partial charge in [-0.2, -0.15) is 0 Å². The summed E-state index contributed by atoms with van der Waals surface area (Å²) in [6.45, 7) is 4.27. The highest BCUT2D eigenvalue weighted by molar-refractivity contribution is 5.77. The van der Waals surface area contributed by atoms with Crippen molar-refractivity contribution in [1.82, 2.24) is 9.80 Å². The molecule has 0 aromatic carbocycles. The zero-order chi connectivity index (χ0) is 9.97. The van der Waals surface area contributed by atoms with E-state index in [0.29, 0.717) is 19.5 Å². The van der Waals surface area contributed by atoms with E-state index < -0.39 is 0 Å². The van der Waals surface area contributed by atoms with Gasteiger partial charge in [-0.25, -0.2) is 0 Å². The number of hydrogen-bond acceptors (Lipinski definition) is 3. The lowest BCUT2D eigenvalue weighted by Crippen LogP contribution is -2.53. The van der Waals surface area contributed by atoms with Crippen molar-refractivity contribution >= 4 is 5.91 Å². The van der Waals surface area contributed by atoms with Gasteiger partial charge in [-0.05, 0) is 25.9 Å². The Hall–Kier alpha value is -0.610. The number of aliphatic hydroxyl groups is 1. The molecule has 2 rings (SSSR count). The highest BCUT2D eigenvalue weighted by Gasteiger charge is 2.28. The Labute approximate surface area is 84.5 Å². The van der Waals surface area contributed by atoms with Crippen LogP contribution in [-0.2, 0) is 4.79 Å². The third kappa shape index (κ3) is 2.25. The standard InChI is InChI=1S/C10H18N2O2/c13-9-7-12(8-9)10(14)3-6-11-4-1-2-5-11/h9,13H,1-8H2. The van der Waals surface area contributed by atoms with Gasteiger partial charge in [0.05, 0.1) is 6.10 Å². The van der Waals surface area contributed by atoms with Crippen LogP contribution in [0, 0.1) is 0 Å². The fourth-order valence-electron chi connectivity index (χ4n) is 2.08. The van der Waals surface area contributed by atoms with Gasteiger partial charge < -0.3 is 14.9 Å². The summed E-state index contributed by atoms with van der Waals surface area (Å²) in [6, 6.07) is 0. The van der Waals surface area contributed by atoms with Gasteiger partial charge >= 0.3 is 0 Å². The van der Waals surface area contributed by atoms with Gasteiger partial charge in [-0.3, -0.25) is 4.79 Å². The zero-order valence-corrected chi connectivity index (χ0v) is 8.48. The van der Waals surface area contributed by atoms with Crippen LogP contribution in [0.15, 0.2) is 0 Å². The Kier molecular flexibility index (Phi) is 3.03. The molecule has 0 atom stereocenters. The molecule has 14 heavy (non-hydrogen) atoms. The van der Waals surface area contributed by atoms with Crippen LogP contribution in [-0.4, -0.2) is 59.6 Å². The van der Waals surface area contributed by atoms with E-state index >= 15 is 0 Å². The second kappa shape index (κ2) is 4.28. The molecular formula is C10H18N2O2. The summed E-state index contributed by atoms with van der Waals surface area (Å²) in [5.41, 5.74) is 0. The third-order valence-electron chi connectivity index (χ3n) is 3.06.